The van der Waals surface area contributed by atoms with Crippen LogP contribution in [0.2, 0.25) is 0 Å². The predicted octanol–water partition coefficient (Wildman–Crippen LogP) is 1.91. The van der Waals surface area contributed by atoms with Crippen molar-refractivity contribution in [2.75, 3.05) is 24.5 Å². The molecule has 1 aliphatic rings. The third-order valence-corrected chi connectivity index (χ3v) is 4.38. The van der Waals surface area contributed by atoms with E-state index in [0.29, 0.717) is 31.5 Å². The number of aromatic nitrogens is 1. The highest BCUT2D eigenvalue weighted by Gasteiger charge is 2.41. The summed E-state index contributed by atoms with van der Waals surface area (Å²) in [5.41, 5.74) is -0.180. The maximum absolute atomic E-state index is 11.7. The van der Waals surface area contributed by atoms with Gasteiger partial charge in [0.2, 0.25) is 0 Å². The number of pyridine rings is 1. The second kappa shape index (κ2) is 6.77. The van der Waals surface area contributed by atoms with Crippen LogP contribution in [0.25, 0.3) is 0 Å². The molecule has 2 rings (SSSR count). The summed E-state index contributed by atoms with van der Waals surface area (Å²) in [5.74, 6) is -0.154. The lowest BCUT2D eigenvalue weighted by molar-refractivity contribution is -0.149. The molecule has 120 valence electrons. The summed E-state index contributed by atoms with van der Waals surface area (Å²) in [6.07, 6.45) is 3.69. The van der Waals surface area contributed by atoms with Crippen LogP contribution in [0.4, 0.5) is 5.82 Å². The molecule has 6 nitrogen and oxygen atoms in total. The van der Waals surface area contributed by atoms with Gasteiger partial charge in [-0.25, -0.2) is 4.98 Å². The highest BCUT2D eigenvalue weighted by molar-refractivity contribution is 5.94. The van der Waals surface area contributed by atoms with Gasteiger partial charge in [0.15, 0.2) is 0 Å². The Morgan fingerprint density at radius 3 is 2.73 bits per heavy atom. The molecule has 0 radical (unpaired) electrons. The number of carbonyl (C=O) groups excluding carboxylic acids is 1. The van der Waals surface area contributed by atoms with Gasteiger partial charge in [-0.15, -0.1) is 0 Å². The van der Waals surface area contributed by atoms with Crippen LogP contribution in [-0.2, 0) is 4.79 Å². The quantitative estimate of drug-likeness (QED) is 0.868. The fourth-order valence-electron chi connectivity index (χ4n) is 2.91. The first kappa shape index (κ1) is 16.3. The first-order chi connectivity index (χ1) is 10.5. The van der Waals surface area contributed by atoms with Gasteiger partial charge in [-0.1, -0.05) is 6.92 Å². The van der Waals surface area contributed by atoms with Crippen LogP contribution < -0.4 is 10.2 Å². The van der Waals surface area contributed by atoms with Crippen molar-refractivity contribution >= 4 is 17.7 Å². The summed E-state index contributed by atoms with van der Waals surface area (Å²) >= 11 is 0. The molecule has 1 aliphatic heterocycles. The molecule has 1 atom stereocenters. The van der Waals surface area contributed by atoms with Crippen molar-refractivity contribution in [3.8, 4) is 0 Å². The lowest BCUT2D eigenvalue weighted by atomic mass is 9.77. The summed E-state index contributed by atoms with van der Waals surface area (Å²) in [6, 6.07) is 3.52. The Bertz CT molecular complexity index is 544. The Labute approximate surface area is 130 Å². The van der Waals surface area contributed by atoms with E-state index in [0.717, 1.165) is 18.8 Å². The van der Waals surface area contributed by atoms with Crippen LogP contribution in [0.3, 0.4) is 0 Å². The van der Waals surface area contributed by atoms with E-state index in [9.17, 15) is 14.7 Å². The Morgan fingerprint density at radius 2 is 2.18 bits per heavy atom. The monoisotopic (exact) mass is 305 g/mol. The van der Waals surface area contributed by atoms with Gasteiger partial charge in [-0.3, -0.25) is 9.59 Å². The van der Waals surface area contributed by atoms with E-state index in [-0.39, 0.29) is 5.91 Å². The van der Waals surface area contributed by atoms with Crippen LogP contribution in [0.15, 0.2) is 18.3 Å². The van der Waals surface area contributed by atoms with E-state index in [4.69, 9.17) is 0 Å². The minimum atomic E-state index is -0.737. The molecule has 2 N–H and O–H groups in total. The Kier molecular flexibility index (Phi) is 5.00. The molecule has 6 heteroatoms. The lowest BCUT2D eigenvalue weighted by Gasteiger charge is -2.40. The number of piperidine rings is 1. The molecule has 1 amide bonds. The first-order valence-electron chi connectivity index (χ1n) is 7.75. The number of hydrogen-bond donors (Lipinski definition) is 2. The number of nitrogens with zero attached hydrogens (tertiary/aromatic N) is 2. The van der Waals surface area contributed by atoms with Gasteiger partial charge in [0.25, 0.3) is 5.91 Å². The maximum atomic E-state index is 11.7. The number of nitrogens with one attached hydrogen (secondary N) is 1. The van der Waals surface area contributed by atoms with E-state index >= 15 is 0 Å². The van der Waals surface area contributed by atoms with Crippen molar-refractivity contribution < 1.29 is 14.7 Å². The maximum Gasteiger partial charge on any atom is 0.311 e. The second-order valence-electron chi connectivity index (χ2n) is 5.73. The van der Waals surface area contributed by atoms with Gasteiger partial charge < -0.3 is 15.3 Å². The molecular formula is C16H23N3O3. The minimum absolute atomic E-state index is 0.145. The van der Waals surface area contributed by atoms with E-state index in [2.05, 4.69) is 10.3 Å². The normalized spacial score (nSPS) is 21.5. The number of carboxylic acids is 1. The van der Waals surface area contributed by atoms with E-state index in [1.807, 2.05) is 18.7 Å². The zero-order valence-electron chi connectivity index (χ0n) is 13.1. The third-order valence-electron chi connectivity index (χ3n) is 4.38. The Hall–Kier alpha value is -2.11. The molecule has 0 saturated carbocycles. The van der Waals surface area contributed by atoms with E-state index in [1.54, 1.807) is 18.3 Å². The molecule has 22 heavy (non-hydrogen) atoms. The summed E-state index contributed by atoms with van der Waals surface area (Å²) in [4.78, 5) is 29.7. The number of hydrogen-bond acceptors (Lipinski definition) is 4. The standard InChI is InChI=1S/C16H23N3O3/c1-3-16(15(21)22)8-5-9-19(11-16)13-7-6-12(10-18-13)14(20)17-4-2/h6-7,10H,3-5,8-9,11H2,1-2H3,(H,17,20)(H,21,22). The number of amides is 1. The molecule has 0 spiro atoms. The number of aliphatic carboxylic acids is 1. The average molecular weight is 305 g/mol. The number of carboxylic acid groups (broad SMARTS) is 1. The zero-order chi connectivity index (χ0) is 16.2. The van der Waals surface area contributed by atoms with Gasteiger partial charge in [0.1, 0.15) is 5.82 Å². The van der Waals surface area contributed by atoms with Crippen molar-refractivity contribution in [1.29, 1.82) is 0 Å². The largest absolute Gasteiger partial charge is 0.481 e. The SMILES string of the molecule is CCNC(=O)c1ccc(N2CCCC(CC)(C(=O)O)C2)nc1. The smallest absolute Gasteiger partial charge is 0.311 e. The van der Waals surface area contributed by atoms with Gasteiger partial charge in [-0.05, 0) is 38.3 Å². The van der Waals surface area contributed by atoms with Gasteiger partial charge in [0.05, 0.1) is 11.0 Å². The number of carbonyl (C=O) groups is 2. The van der Waals surface area contributed by atoms with Gasteiger partial charge >= 0.3 is 5.97 Å². The average Bonchev–Trinajstić information content (AvgIpc) is 2.55. The fraction of sp³-hybridized carbons (Fsp3) is 0.562. The van der Waals surface area contributed by atoms with Crippen LogP contribution in [0.5, 0.6) is 0 Å². The van der Waals surface area contributed by atoms with Crippen molar-refractivity contribution in [2.45, 2.75) is 33.1 Å². The number of anilines is 1. The van der Waals surface area contributed by atoms with Crippen molar-refractivity contribution in [1.82, 2.24) is 10.3 Å². The Morgan fingerprint density at radius 1 is 1.41 bits per heavy atom. The first-order valence-corrected chi connectivity index (χ1v) is 7.75. The summed E-state index contributed by atoms with van der Waals surface area (Å²) in [5, 5.41) is 12.3. The molecule has 0 aliphatic carbocycles. The van der Waals surface area contributed by atoms with Crippen LogP contribution in [0.1, 0.15) is 43.5 Å². The van der Waals surface area contributed by atoms with E-state index in [1.165, 1.54) is 0 Å². The third kappa shape index (κ3) is 3.21. The summed E-state index contributed by atoms with van der Waals surface area (Å²) in [7, 11) is 0. The molecule has 0 bridgehead atoms. The summed E-state index contributed by atoms with van der Waals surface area (Å²) < 4.78 is 0. The molecule has 1 unspecified atom stereocenters. The Balaban J connectivity index is 2.14. The predicted molar refractivity (Wildman–Crippen MR) is 84.1 cm³/mol. The molecule has 1 aromatic heterocycles. The highest BCUT2D eigenvalue weighted by atomic mass is 16.4. The molecule has 1 fully saturated rings. The molecule has 2 heterocycles. The van der Waals surface area contributed by atoms with Gasteiger partial charge in [-0.2, -0.15) is 0 Å². The fourth-order valence-corrected chi connectivity index (χ4v) is 2.91. The molecule has 1 aromatic rings. The van der Waals surface area contributed by atoms with Gasteiger partial charge in [0, 0.05) is 25.8 Å². The topological polar surface area (TPSA) is 82.5 Å². The minimum Gasteiger partial charge on any atom is -0.481 e. The molecule has 0 aromatic carbocycles. The lowest BCUT2D eigenvalue weighted by Crippen LogP contribution is -2.47. The molecule has 1 saturated heterocycles. The van der Waals surface area contributed by atoms with E-state index < -0.39 is 11.4 Å². The number of rotatable bonds is 5. The molecular weight excluding hydrogens is 282 g/mol. The van der Waals surface area contributed by atoms with Crippen molar-refractivity contribution in [3.05, 3.63) is 23.9 Å². The highest BCUT2D eigenvalue weighted by Crippen LogP contribution is 2.35. The van der Waals surface area contributed by atoms with Crippen molar-refractivity contribution in [3.63, 3.8) is 0 Å². The van der Waals surface area contributed by atoms with Crippen LogP contribution >= 0.6 is 0 Å². The zero-order valence-corrected chi connectivity index (χ0v) is 13.1. The summed E-state index contributed by atoms with van der Waals surface area (Å²) in [6.45, 7) is 5.62. The van der Waals surface area contributed by atoms with Crippen molar-refractivity contribution in [2.24, 2.45) is 5.41 Å². The van der Waals surface area contributed by atoms with Crippen LogP contribution in [0, 0.1) is 5.41 Å². The van der Waals surface area contributed by atoms with Crippen LogP contribution in [-0.4, -0.2) is 41.6 Å². The second-order valence-corrected chi connectivity index (χ2v) is 5.73.